The molecule has 9 heteroatoms. The fourth-order valence-electron chi connectivity index (χ4n) is 1.98. The molecule has 0 saturated heterocycles. The van der Waals surface area contributed by atoms with Crippen LogP contribution in [0.1, 0.15) is 18.1 Å². The van der Waals surface area contributed by atoms with Crippen LogP contribution in [0, 0.1) is 0 Å². The lowest BCUT2D eigenvalue weighted by molar-refractivity contribution is 0.588. The Kier molecular flexibility index (Phi) is 9.39. The molecule has 1 heterocycles. The van der Waals surface area contributed by atoms with E-state index in [9.17, 15) is 8.42 Å². The van der Waals surface area contributed by atoms with Crippen molar-refractivity contribution in [3.05, 3.63) is 52.2 Å². The molecule has 0 radical (unpaired) electrons. The van der Waals surface area contributed by atoms with Crippen molar-refractivity contribution in [1.82, 2.24) is 15.4 Å². The molecule has 25 heavy (non-hydrogen) atoms. The first-order chi connectivity index (χ1) is 11.5. The summed E-state index contributed by atoms with van der Waals surface area (Å²) in [6, 6.07) is 8.83. The topological polar surface area (TPSA) is 82.6 Å². The van der Waals surface area contributed by atoms with Gasteiger partial charge < -0.3 is 10.6 Å². The van der Waals surface area contributed by atoms with E-state index in [1.807, 2.05) is 12.3 Å². The van der Waals surface area contributed by atoms with E-state index in [1.54, 1.807) is 35.6 Å². The standard InChI is InChI=1S/C16H22N4O2S2.HI/c1-3-18-16(20-11-14-8-9-23-12-14)19-10-13-4-6-15(7-5-13)24(21,22)17-2;/h4-9,12,17H,3,10-11H2,1-2H3,(H2,18,19,20);1H. The monoisotopic (exact) mass is 494 g/mol. The average molecular weight is 494 g/mol. The molecule has 6 nitrogen and oxygen atoms in total. The van der Waals surface area contributed by atoms with Crippen LogP contribution in [0.2, 0.25) is 0 Å². The minimum Gasteiger partial charge on any atom is -0.357 e. The molecule has 0 aliphatic rings. The van der Waals surface area contributed by atoms with Crippen LogP contribution in [0.25, 0.3) is 0 Å². The predicted molar refractivity (Wildman–Crippen MR) is 114 cm³/mol. The van der Waals surface area contributed by atoms with Crippen molar-refractivity contribution in [2.24, 2.45) is 4.99 Å². The lowest BCUT2D eigenvalue weighted by Crippen LogP contribution is -2.36. The molecule has 3 N–H and O–H groups in total. The number of sulfonamides is 1. The van der Waals surface area contributed by atoms with Gasteiger partial charge in [-0.2, -0.15) is 11.3 Å². The first kappa shape index (κ1) is 21.9. The van der Waals surface area contributed by atoms with Crippen LogP contribution >= 0.6 is 35.3 Å². The van der Waals surface area contributed by atoms with E-state index in [1.165, 1.54) is 12.6 Å². The van der Waals surface area contributed by atoms with Gasteiger partial charge in [0, 0.05) is 13.1 Å². The number of halogens is 1. The maximum Gasteiger partial charge on any atom is 0.240 e. The van der Waals surface area contributed by atoms with Gasteiger partial charge in [0.25, 0.3) is 0 Å². The van der Waals surface area contributed by atoms with Gasteiger partial charge in [-0.25, -0.2) is 18.1 Å². The van der Waals surface area contributed by atoms with Gasteiger partial charge in [-0.05, 0) is 54.1 Å². The summed E-state index contributed by atoms with van der Waals surface area (Å²) in [4.78, 5) is 4.79. The second-order valence-electron chi connectivity index (χ2n) is 5.03. The fraction of sp³-hybridized carbons (Fsp3) is 0.312. The van der Waals surface area contributed by atoms with E-state index in [0.29, 0.717) is 13.1 Å². The first-order valence-electron chi connectivity index (χ1n) is 7.61. The molecule has 0 bridgehead atoms. The third kappa shape index (κ3) is 6.92. The van der Waals surface area contributed by atoms with Crippen molar-refractivity contribution >= 4 is 51.3 Å². The molecule has 0 aliphatic heterocycles. The van der Waals surface area contributed by atoms with E-state index in [-0.39, 0.29) is 28.9 Å². The Morgan fingerprint density at radius 2 is 1.84 bits per heavy atom. The first-order valence-corrected chi connectivity index (χ1v) is 10.0. The summed E-state index contributed by atoms with van der Waals surface area (Å²) >= 11 is 1.66. The molecule has 0 amide bonds. The zero-order chi connectivity index (χ0) is 17.4. The third-order valence-electron chi connectivity index (χ3n) is 3.31. The summed E-state index contributed by atoms with van der Waals surface area (Å²) < 4.78 is 25.7. The number of benzene rings is 1. The molecule has 0 spiro atoms. The molecule has 2 aromatic rings. The maximum absolute atomic E-state index is 11.7. The molecule has 0 unspecified atom stereocenters. The molecule has 0 saturated carbocycles. The highest BCUT2D eigenvalue weighted by atomic mass is 127. The fourth-order valence-corrected chi connectivity index (χ4v) is 3.37. The van der Waals surface area contributed by atoms with Gasteiger partial charge in [-0.3, -0.25) is 0 Å². The van der Waals surface area contributed by atoms with Crippen LogP contribution in [-0.4, -0.2) is 28.0 Å². The molecular formula is C16H23IN4O2S2. The van der Waals surface area contributed by atoms with Crippen molar-refractivity contribution in [2.45, 2.75) is 24.9 Å². The second kappa shape index (κ2) is 10.7. The summed E-state index contributed by atoms with van der Waals surface area (Å²) in [7, 11) is -1.99. The molecule has 0 atom stereocenters. The van der Waals surface area contributed by atoms with Crippen LogP contribution in [0.3, 0.4) is 0 Å². The molecule has 1 aromatic heterocycles. The smallest absolute Gasteiger partial charge is 0.240 e. The van der Waals surface area contributed by atoms with Gasteiger partial charge in [-0.15, -0.1) is 24.0 Å². The number of hydrogen-bond donors (Lipinski definition) is 3. The van der Waals surface area contributed by atoms with E-state index < -0.39 is 10.0 Å². The molecule has 0 fully saturated rings. The average Bonchev–Trinajstić information content (AvgIpc) is 3.11. The number of aliphatic imine (C=N–C) groups is 1. The molecule has 2 rings (SSSR count). The van der Waals surface area contributed by atoms with Gasteiger partial charge in [-0.1, -0.05) is 12.1 Å². The van der Waals surface area contributed by atoms with Crippen molar-refractivity contribution in [1.29, 1.82) is 0 Å². The third-order valence-corrected chi connectivity index (χ3v) is 5.47. The Balaban J connectivity index is 0.00000312. The number of guanidine groups is 1. The highest BCUT2D eigenvalue weighted by molar-refractivity contribution is 14.0. The predicted octanol–water partition coefficient (Wildman–Crippen LogP) is 2.53. The van der Waals surface area contributed by atoms with Crippen molar-refractivity contribution in [2.75, 3.05) is 13.6 Å². The number of rotatable bonds is 7. The van der Waals surface area contributed by atoms with E-state index in [4.69, 9.17) is 0 Å². The van der Waals surface area contributed by atoms with Crippen LogP contribution < -0.4 is 15.4 Å². The Hall–Kier alpha value is -1.17. The minimum atomic E-state index is -3.39. The van der Waals surface area contributed by atoms with Crippen LogP contribution in [0.5, 0.6) is 0 Å². The van der Waals surface area contributed by atoms with E-state index >= 15 is 0 Å². The number of nitrogens with zero attached hydrogens (tertiary/aromatic N) is 1. The Morgan fingerprint density at radius 1 is 1.12 bits per heavy atom. The van der Waals surface area contributed by atoms with E-state index in [2.05, 4.69) is 31.8 Å². The van der Waals surface area contributed by atoms with Crippen LogP contribution in [0.15, 0.2) is 51.0 Å². The van der Waals surface area contributed by atoms with Gasteiger partial charge in [0.2, 0.25) is 10.0 Å². The summed E-state index contributed by atoms with van der Waals surface area (Å²) in [6.07, 6.45) is 0. The molecular weight excluding hydrogens is 471 g/mol. The number of hydrogen-bond acceptors (Lipinski definition) is 4. The van der Waals surface area contributed by atoms with Gasteiger partial charge >= 0.3 is 0 Å². The van der Waals surface area contributed by atoms with Gasteiger partial charge in [0.15, 0.2) is 5.96 Å². The number of nitrogens with one attached hydrogen (secondary N) is 3. The largest absolute Gasteiger partial charge is 0.357 e. The highest BCUT2D eigenvalue weighted by Gasteiger charge is 2.10. The Bertz CT molecular complexity index is 760. The summed E-state index contributed by atoms with van der Waals surface area (Å²) in [5.41, 5.74) is 2.16. The minimum absolute atomic E-state index is 0. The van der Waals surface area contributed by atoms with Crippen molar-refractivity contribution < 1.29 is 8.42 Å². The molecule has 1 aromatic carbocycles. The highest BCUT2D eigenvalue weighted by Crippen LogP contribution is 2.10. The zero-order valence-corrected chi connectivity index (χ0v) is 18.1. The van der Waals surface area contributed by atoms with E-state index in [0.717, 1.165) is 18.1 Å². The lowest BCUT2D eigenvalue weighted by atomic mass is 10.2. The molecule has 0 aliphatic carbocycles. The summed E-state index contributed by atoms with van der Waals surface area (Å²) in [5, 5.41) is 10.6. The molecule has 138 valence electrons. The van der Waals surface area contributed by atoms with Crippen molar-refractivity contribution in [3.63, 3.8) is 0 Å². The Morgan fingerprint density at radius 3 is 2.40 bits per heavy atom. The maximum atomic E-state index is 11.7. The second-order valence-corrected chi connectivity index (χ2v) is 7.70. The van der Waals surface area contributed by atoms with Crippen LogP contribution in [0.4, 0.5) is 0 Å². The Labute approximate surface area is 170 Å². The van der Waals surface area contributed by atoms with Gasteiger partial charge in [0.1, 0.15) is 0 Å². The quantitative estimate of drug-likeness (QED) is 0.314. The normalized spacial score (nSPS) is 11.7. The van der Waals surface area contributed by atoms with Crippen LogP contribution in [-0.2, 0) is 23.1 Å². The summed E-state index contributed by atoms with van der Waals surface area (Å²) in [5.74, 6) is 0.732. The SMILES string of the molecule is CCNC(=NCc1ccsc1)NCc1ccc(S(=O)(=O)NC)cc1.I. The summed E-state index contributed by atoms with van der Waals surface area (Å²) in [6.45, 7) is 3.97. The zero-order valence-electron chi connectivity index (χ0n) is 14.2. The number of thiophene rings is 1. The lowest BCUT2D eigenvalue weighted by Gasteiger charge is -2.11. The van der Waals surface area contributed by atoms with Gasteiger partial charge in [0.05, 0.1) is 11.4 Å². The van der Waals surface area contributed by atoms with Crippen molar-refractivity contribution in [3.8, 4) is 0 Å².